The minimum Gasteiger partial charge on any atom is -0.454 e. The Hall–Kier alpha value is -1.90. The maximum absolute atomic E-state index is 6.41. The van der Waals surface area contributed by atoms with Crippen molar-refractivity contribution in [1.29, 1.82) is 0 Å². The van der Waals surface area contributed by atoms with Gasteiger partial charge in [0.2, 0.25) is 0 Å². The molecule has 204 valence electrons. The van der Waals surface area contributed by atoms with Crippen LogP contribution in [-0.2, 0) is 25.7 Å². The number of nitrogens with zero attached hydrogens (tertiary/aromatic N) is 2. The molecule has 0 amide bonds. The third kappa shape index (κ3) is 8.04. The molecule has 0 unspecified atom stereocenters. The Morgan fingerprint density at radius 2 is 0.973 bits per heavy atom. The summed E-state index contributed by atoms with van der Waals surface area (Å²) in [5.74, 6) is 5.23. The van der Waals surface area contributed by atoms with Gasteiger partial charge in [0.05, 0.1) is 12.4 Å². The highest BCUT2D eigenvalue weighted by Gasteiger charge is 2.23. The largest absolute Gasteiger partial charge is 0.454 e. The molecule has 2 saturated carbocycles. The monoisotopic (exact) mass is 504 g/mol. The van der Waals surface area contributed by atoms with E-state index >= 15 is 0 Å². The topological polar surface area (TPSA) is 35.0 Å². The van der Waals surface area contributed by atoms with Crippen LogP contribution in [0.3, 0.4) is 0 Å². The number of rotatable bonds is 12. The summed E-state index contributed by atoms with van der Waals surface area (Å²) in [4.78, 5) is 9.66. The van der Waals surface area contributed by atoms with Crippen LogP contribution in [0.5, 0.6) is 11.5 Å². The Kier molecular flexibility index (Phi) is 10.9. The smallest absolute Gasteiger partial charge is 0.146 e. The zero-order chi connectivity index (χ0) is 26.0. The first-order chi connectivity index (χ1) is 18.1. The SMILES string of the molecule is CCCC1CCC(Cc2cc(Oc3cnc(CC)c(CC4CCC(CCC)CC4)c3)cnc2CC)CC1. The van der Waals surface area contributed by atoms with Gasteiger partial charge in [0.15, 0.2) is 0 Å². The molecule has 0 aromatic carbocycles. The van der Waals surface area contributed by atoms with Crippen LogP contribution in [0.25, 0.3) is 0 Å². The van der Waals surface area contributed by atoms with Crippen LogP contribution in [-0.4, -0.2) is 9.97 Å². The van der Waals surface area contributed by atoms with E-state index in [0.717, 1.165) is 60.9 Å². The Morgan fingerprint density at radius 1 is 0.595 bits per heavy atom. The molecule has 0 bridgehead atoms. The summed E-state index contributed by atoms with van der Waals surface area (Å²) in [5.41, 5.74) is 5.26. The second-order valence-corrected chi connectivity index (χ2v) is 12.1. The lowest BCUT2D eigenvalue weighted by Crippen LogP contribution is -2.17. The van der Waals surface area contributed by atoms with Gasteiger partial charge in [-0.3, -0.25) is 9.97 Å². The predicted molar refractivity (Wildman–Crippen MR) is 155 cm³/mol. The maximum atomic E-state index is 6.41. The number of aromatic nitrogens is 2. The minimum absolute atomic E-state index is 0.792. The van der Waals surface area contributed by atoms with E-state index in [2.05, 4.69) is 39.8 Å². The highest BCUT2D eigenvalue weighted by molar-refractivity contribution is 5.36. The summed E-state index contributed by atoms with van der Waals surface area (Å²) in [7, 11) is 0. The second-order valence-electron chi connectivity index (χ2n) is 12.1. The number of pyridine rings is 2. The van der Waals surface area contributed by atoms with Crippen molar-refractivity contribution in [3.63, 3.8) is 0 Å². The summed E-state index contributed by atoms with van der Waals surface area (Å²) in [6.45, 7) is 9.09. The van der Waals surface area contributed by atoms with Crippen LogP contribution in [0, 0.1) is 23.7 Å². The summed E-state index contributed by atoms with van der Waals surface area (Å²) >= 11 is 0. The Morgan fingerprint density at radius 3 is 1.32 bits per heavy atom. The van der Waals surface area contributed by atoms with E-state index in [0.29, 0.717) is 0 Å². The molecule has 0 N–H and O–H groups in total. The van der Waals surface area contributed by atoms with Gasteiger partial charge in [-0.1, -0.05) is 79.1 Å². The van der Waals surface area contributed by atoms with Gasteiger partial charge in [-0.05, 0) is 98.3 Å². The summed E-state index contributed by atoms with van der Waals surface area (Å²) in [6, 6.07) is 4.54. The number of hydrogen-bond acceptors (Lipinski definition) is 3. The zero-order valence-corrected chi connectivity index (χ0v) is 24.2. The first-order valence-electron chi connectivity index (χ1n) is 15.7. The molecule has 3 nitrogen and oxygen atoms in total. The first kappa shape index (κ1) is 28.1. The lowest BCUT2D eigenvalue weighted by Gasteiger charge is -2.29. The normalized spacial score (nSPS) is 24.2. The average Bonchev–Trinajstić information content (AvgIpc) is 2.92. The van der Waals surface area contributed by atoms with E-state index < -0.39 is 0 Å². The molecule has 0 radical (unpaired) electrons. The van der Waals surface area contributed by atoms with Crippen molar-refractivity contribution in [2.75, 3.05) is 0 Å². The van der Waals surface area contributed by atoms with Crippen LogP contribution >= 0.6 is 0 Å². The standard InChI is InChI=1S/C34H52N2O/c1-5-9-25-11-15-27(16-12-25)19-29-21-31(23-35-33(29)7-3)37-32-22-30(34(8-4)36-24-32)20-28-17-13-26(10-6-2)14-18-28/h21-28H,5-20H2,1-4H3. The predicted octanol–water partition coefficient (Wildman–Crippen LogP) is 9.69. The van der Waals surface area contributed by atoms with E-state index in [9.17, 15) is 0 Å². The summed E-state index contributed by atoms with van der Waals surface area (Å²) in [5, 5.41) is 0. The Bertz CT molecular complexity index is 877. The van der Waals surface area contributed by atoms with Crippen LogP contribution in [0.15, 0.2) is 24.5 Å². The van der Waals surface area contributed by atoms with Crippen LogP contribution in [0.2, 0.25) is 0 Å². The Labute approximate surface area is 227 Å². The molecule has 2 heterocycles. The fourth-order valence-corrected chi connectivity index (χ4v) is 7.16. The molecule has 0 saturated heterocycles. The van der Waals surface area contributed by atoms with Crippen molar-refractivity contribution >= 4 is 0 Å². The van der Waals surface area contributed by atoms with Crippen molar-refractivity contribution in [2.24, 2.45) is 23.7 Å². The summed E-state index contributed by atoms with van der Waals surface area (Å²) in [6.07, 6.45) is 24.7. The molecule has 2 aromatic heterocycles. The summed E-state index contributed by atoms with van der Waals surface area (Å²) < 4.78 is 6.41. The average molecular weight is 505 g/mol. The quantitative estimate of drug-likeness (QED) is 0.288. The van der Waals surface area contributed by atoms with E-state index in [4.69, 9.17) is 14.7 Å². The van der Waals surface area contributed by atoms with E-state index in [1.54, 1.807) is 0 Å². The molecule has 37 heavy (non-hydrogen) atoms. The third-order valence-corrected chi connectivity index (χ3v) is 9.32. The number of aryl methyl sites for hydroxylation is 2. The van der Waals surface area contributed by atoms with E-state index in [1.165, 1.54) is 99.6 Å². The van der Waals surface area contributed by atoms with Crippen LogP contribution in [0.4, 0.5) is 0 Å². The lowest BCUT2D eigenvalue weighted by molar-refractivity contribution is 0.260. The Balaban J connectivity index is 1.41. The molecule has 2 fully saturated rings. The molecule has 0 aliphatic heterocycles. The molecule has 2 aromatic rings. The van der Waals surface area contributed by atoms with Gasteiger partial charge < -0.3 is 4.74 Å². The molecule has 2 aliphatic rings. The van der Waals surface area contributed by atoms with Gasteiger partial charge in [0.25, 0.3) is 0 Å². The number of hydrogen-bond donors (Lipinski definition) is 0. The van der Waals surface area contributed by atoms with Gasteiger partial charge in [0.1, 0.15) is 11.5 Å². The van der Waals surface area contributed by atoms with Crippen molar-refractivity contribution in [3.8, 4) is 11.5 Å². The lowest BCUT2D eigenvalue weighted by atomic mass is 9.77. The maximum Gasteiger partial charge on any atom is 0.146 e. The molecular weight excluding hydrogens is 452 g/mol. The molecule has 2 aliphatic carbocycles. The molecule has 4 rings (SSSR count). The highest BCUT2D eigenvalue weighted by Crippen LogP contribution is 2.36. The zero-order valence-electron chi connectivity index (χ0n) is 24.2. The molecule has 0 atom stereocenters. The van der Waals surface area contributed by atoms with Gasteiger partial charge >= 0.3 is 0 Å². The van der Waals surface area contributed by atoms with E-state index in [1.807, 2.05) is 12.4 Å². The van der Waals surface area contributed by atoms with Crippen LogP contribution < -0.4 is 4.74 Å². The van der Waals surface area contributed by atoms with Crippen molar-refractivity contribution < 1.29 is 4.74 Å². The van der Waals surface area contributed by atoms with Gasteiger partial charge in [-0.15, -0.1) is 0 Å². The molecule has 0 spiro atoms. The van der Waals surface area contributed by atoms with Crippen LogP contribution in [0.1, 0.15) is 127 Å². The molecule has 3 heteroatoms. The van der Waals surface area contributed by atoms with Crippen molar-refractivity contribution in [3.05, 3.63) is 47.0 Å². The van der Waals surface area contributed by atoms with Crippen molar-refractivity contribution in [2.45, 2.75) is 130 Å². The van der Waals surface area contributed by atoms with Crippen molar-refractivity contribution in [1.82, 2.24) is 9.97 Å². The minimum atomic E-state index is 0.792. The fourth-order valence-electron chi connectivity index (χ4n) is 7.16. The first-order valence-corrected chi connectivity index (χ1v) is 15.7. The van der Waals surface area contributed by atoms with Gasteiger partial charge in [0, 0.05) is 11.4 Å². The second kappa shape index (κ2) is 14.3. The number of ether oxygens (including phenoxy) is 1. The van der Waals surface area contributed by atoms with E-state index in [-0.39, 0.29) is 0 Å². The highest BCUT2D eigenvalue weighted by atomic mass is 16.5. The third-order valence-electron chi connectivity index (χ3n) is 9.32. The fraction of sp³-hybridized carbons (Fsp3) is 0.706. The van der Waals surface area contributed by atoms with Gasteiger partial charge in [-0.25, -0.2) is 0 Å². The molecular formula is C34H52N2O. The van der Waals surface area contributed by atoms with Gasteiger partial charge in [-0.2, -0.15) is 0 Å².